The molecule has 3 aliphatic rings. The minimum atomic E-state index is -0.577. The molecule has 0 radical (unpaired) electrons. The van der Waals surface area contributed by atoms with Crippen LogP contribution in [0.25, 0.3) is 0 Å². The number of nitrogens with zero attached hydrogens (tertiary/aromatic N) is 6. The van der Waals surface area contributed by atoms with Crippen LogP contribution >= 0.6 is 11.6 Å². The Morgan fingerprint density at radius 3 is 2.55 bits per heavy atom. The molecule has 2 aromatic carbocycles. The first kappa shape index (κ1) is 35.4. The van der Waals surface area contributed by atoms with Crippen molar-refractivity contribution in [2.75, 3.05) is 32.7 Å². The number of aromatic nitrogens is 3. The van der Waals surface area contributed by atoms with Crippen LogP contribution in [0.1, 0.15) is 84.6 Å². The molecule has 0 unspecified atom stereocenters. The molecule has 2 fully saturated rings. The number of hydrogen-bond acceptors (Lipinski definition) is 5. The van der Waals surface area contributed by atoms with Gasteiger partial charge < -0.3 is 14.4 Å². The van der Waals surface area contributed by atoms with Gasteiger partial charge >= 0.3 is 0 Å². The lowest BCUT2D eigenvalue weighted by molar-refractivity contribution is -0.150. The Morgan fingerprint density at radius 2 is 1.75 bits per heavy atom. The summed E-state index contributed by atoms with van der Waals surface area (Å²) in [6, 6.07) is 20.1. The number of benzene rings is 2. The van der Waals surface area contributed by atoms with Crippen LogP contribution in [0.4, 0.5) is 0 Å². The molecular weight excluding hydrogens is 656 g/mol. The number of halogens is 1. The minimum Gasteiger partial charge on any atom is -0.340 e. The van der Waals surface area contributed by atoms with Gasteiger partial charge in [0.15, 0.2) is 0 Å². The zero-order valence-corrected chi connectivity index (χ0v) is 30.7. The van der Waals surface area contributed by atoms with Crippen LogP contribution in [0.3, 0.4) is 0 Å². The number of rotatable bonds is 11. The first-order chi connectivity index (χ1) is 24.9. The van der Waals surface area contributed by atoms with Crippen molar-refractivity contribution in [1.82, 2.24) is 29.2 Å². The van der Waals surface area contributed by atoms with Crippen LogP contribution in [0.2, 0.25) is 5.02 Å². The summed E-state index contributed by atoms with van der Waals surface area (Å²) in [6.07, 6.45) is 15.5. The first-order valence-electron chi connectivity index (χ1n) is 19.0. The second kappa shape index (κ2) is 16.6. The number of carbonyl (C=O) groups excluding carboxylic acids is 2. The number of amides is 2. The second-order valence-corrected chi connectivity index (χ2v) is 15.2. The van der Waals surface area contributed by atoms with Gasteiger partial charge in [0, 0.05) is 63.1 Å². The molecule has 2 aromatic heterocycles. The third-order valence-electron chi connectivity index (χ3n) is 11.3. The number of fused-ring (bicyclic) bond motifs is 2. The van der Waals surface area contributed by atoms with Gasteiger partial charge in [-0.05, 0) is 91.8 Å². The average Bonchev–Trinajstić information content (AvgIpc) is 3.50. The van der Waals surface area contributed by atoms with Gasteiger partial charge in [0.2, 0.25) is 11.8 Å². The highest BCUT2D eigenvalue weighted by molar-refractivity contribution is 6.30. The lowest BCUT2D eigenvalue weighted by Crippen LogP contribution is -2.62. The molecule has 2 aliphatic carbocycles. The molecule has 8 nitrogen and oxygen atoms in total. The van der Waals surface area contributed by atoms with Crippen LogP contribution in [0.5, 0.6) is 0 Å². The third-order valence-corrected chi connectivity index (χ3v) is 11.5. The van der Waals surface area contributed by atoms with Crippen LogP contribution in [-0.4, -0.2) is 79.8 Å². The highest BCUT2D eigenvalue weighted by Crippen LogP contribution is 2.38. The van der Waals surface area contributed by atoms with E-state index in [4.69, 9.17) is 16.6 Å². The summed E-state index contributed by atoms with van der Waals surface area (Å²) in [7, 11) is 0. The van der Waals surface area contributed by atoms with Crippen molar-refractivity contribution in [2.45, 2.75) is 89.8 Å². The molecule has 268 valence electrons. The third kappa shape index (κ3) is 8.56. The molecule has 3 heterocycles. The molecule has 1 aliphatic heterocycles. The van der Waals surface area contributed by atoms with Crippen molar-refractivity contribution in [3.63, 3.8) is 0 Å². The summed E-state index contributed by atoms with van der Waals surface area (Å²) in [5.74, 6) is 0.575. The molecular formula is C42H51ClN6O2. The summed E-state index contributed by atoms with van der Waals surface area (Å²) in [5, 5.41) is 0.734. The predicted octanol–water partition coefficient (Wildman–Crippen LogP) is 7.07. The Morgan fingerprint density at radius 1 is 0.922 bits per heavy atom. The molecule has 0 bridgehead atoms. The summed E-state index contributed by atoms with van der Waals surface area (Å²) < 4.78 is 2.09. The van der Waals surface area contributed by atoms with Gasteiger partial charge in [0.1, 0.15) is 6.04 Å². The highest BCUT2D eigenvalue weighted by Gasteiger charge is 2.42. The number of aryl methyl sites for hydroxylation is 4. The Labute approximate surface area is 307 Å². The van der Waals surface area contributed by atoms with Crippen LogP contribution in [0, 0.1) is 12.8 Å². The number of hydrogen-bond donors (Lipinski definition) is 0. The molecule has 9 heteroatoms. The monoisotopic (exact) mass is 706 g/mol. The number of piperazine rings is 1. The Kier molecular flexibility index (Phi) is 11.5. The maximum atomic E-state index is 15.1. The molecule has 1 saturated carbocycles. The summed E-state index contributed by atoms with van der Waals surface area (Å²) in [5.41, 5.74) is 6.88. The zero-order valence-electron chi connectivity index (χ0n) is 29.9. The van der Waals surface area contributed by atoms with E-state index in [-0.39, 0.29) is 17.9 Å². The molecule has 0 N–H and O–H groups in total. The number of imidazole rings is 1. The van der Waals surface area contributed by atoms with Gasteiger partial charge in [-0.3, -0.25) is 19.5 Å². The van der Waals surface area contributed by atoms with Gasteiger partial charge in [-0.25, -0.2) is 4.98 Å². The molecule has 2 amide bonds. The number of pyridine rings is 1. The van der Waals surface area contributed by atoms with Crippen molar-refractivity contribution >= 4 is 23.4 Å². The quantitative estimate of drug-likeness (QED) is 0.167. The minimum absolute atomic E-state index is 0.0423. The molecule has 7 rings (SSSR count). The normalized spacial score (nSPS) is 19.6. The van der Waals surface area contributed by atoms with Crippen molar-refractivity contribution < 1.29 is 9.59 Å². The fraction of sp³-hybridized carbons (Fsp3) is 0.476. The second-order valence-electron chi connectivity index (χ2n) is 14.8. The highest BCUT2D eigenvalue weighted by atomic mass is 35.5. The molecule has 2 atom stereocenters. The maximum absolute atomic E-state index is 15.1. The van der Waals surface area contributed by atoms with Gasteiger partial charge in [-0.15, -0.1) is 0 Å². The Hall–Kier alpha value is -4.01. The van der Waals surface area contributed by atoms with Crippen LogP contribution in [-0.2, 0) is 35.4 Å². The van der Waals surface area contributed by atoms with E-state index in [0.717, 1.165) is 61.5 Å². The predicted molar refractivity (Wildman–Crippen MR) is 202 cm³/mol. The Balaban J connectivity index is 1.19. The van der Waals surface area contributed by atoms with Crippen molar-refractivity contribution in [1.29, 1.82) is 0 Å². The van der Waals surface area contributed by atoms with E-state index >= 15 is 4.79 Å². The largest absolute Gasteiger partial charge is 0.340 e. The molecule has 51 heavy (non-hydrogen) atoms. The van der Waals surface area contributed by atoms with Gasteiger partial charge in [0.05, 0.1) is 23.8 Å². The van der Waals surface area contributed by atoms with Crippen LogP contribution in [0.15, 0.2) is 79.4 Å². The van der Waals surface area contributed by atoms with Gasteiger partial charge in [-0.1, -0.05) is 73.3 Å². The zero-order chi connectivity index (χ0) is 35.2. The maximum Gasteiger partial charge on any atom is 0.246 e. The van der Waals surface area contributed by atoms with Crippen LogP contribution < -0.4 is 0 Å². The average molecular weight is 707 g/mol. The topological polar surface area (TPSA) is 74.6 Å². The fourth-order valence-corrected chi connectivity index (χ4v) is 8.74. The summed E-state index contributed by atoms with van der Waals surface area (Å²) in [4.78, 5) is 45.1. The molecule has 4 aromatic rings. The first-order valence-corrected chi connectivity index (χ1v) is 19.4. The summed E-state index contributed by atoms with van der Waals surface area (Å²) >= 11 is 6.54. The lowest BCUT2D eigenvalue weighted by atomic mass is 9.86. The van der Waals surface area contributed by atoms with Gasteiger partial charge in [-0.2, -0.15) is 0 Å². The van der Waals surface area contributed by atoms with E-state index in [0.29, 0.717) is 45.1 Å². The smallest absolute Gasteiger partial charge is 0.246 e. The number of carbonyl (C=O) groups is 2. The molecule has 0 spiro atoms. The summed E-state index contributed by atoms with van der Waals surface area (Å²) in [6.45, 7) is 5.63. The Bertz CT molecular complexity index is 1790. The fourth-order valence-electron chi connectivity index (χ4n) is 8.55. The standard InChI is InChI=1S/C42H51ClN6O2/c1-31-28-46(30-45-31)21-9-22-47(23-19-32-10-4-2-5-11-32)42(51)38-29-48(24-25-49(38)39(50)26-33-12-6-3-7-13-33)41-37-18-17-36(43)27-35(37)16-15-34-14-8-20-44-40(34)41/h2,4-5,8,10-11,14,17-18,20,27-28,30,33,38,41H,3,6-7,9,12-13,15-16,19,21-26,29H2,1H3/t38-,41-/m1/s1. The van der Waals surface area contributed by atoms with E-state index in [1.54, 1.807) is 0 Å². The van der Waals surface area contributed by atoms with Gasteiger partial charge in [0.25, 0.3) is 0 Å². The molecule has 1 saturated heterocycles. The lowest BCUT2D eigenvalue weighted by Gasteiger charge is -2.45. The SMILES string of the molecule is Cc1cn(CCCN(CCc2ccccc2)C(=O)[C@H]2CN([C@@H]3c4ccc(Cl)cc4CCc4cccnc43)CCN2C(=O)CC2CCCCC2)cn1. The van der Waals surface area contributed by atoms with E-state index in [1.165, 1.54) is 41.5 Å². The van der Waals surface area contributed by atoms with Crippen molar-refractivity contribution in [2.24, 2.45) is 5.92 Å². The van der Waals surface area contributed by atoms with E-state index < -0.39 is 6.04 Å². The van der Waals surface area contributed by atoms with Crippen molar-refractivity contribution in [3.05, 3.63) is 118 Å². The van der Waals surface area contributed by atoms with E-state index in [9.17, 15) is 4.79 Å². The van der Waals surface area contributed by atoms with E-state index in [2.05, 4.69) is 56.9 Å². The van der Waals surface area contributed by atoms with E-state index in [1.807, 2.05) is 53.6 Å². The van der Waals surface area contributed by atoms with Crippen molar-refractivity contribution in [3.8, 4) is 0 Å².